The number of nitrogens with zero attached hydrogens (tertiary/aromatic N) is 4. The Hall–Kier alpha value is -3.43. The van der Waals surface area contributed by atoms with Gasteiger partial charge in [-0.15, -0.1) is 28.1 Å². The number of benzene rings is 2. The van der Waals surface area contributed by atoms with Gasteiger partial charge in [0.2, 0.25) is 5.91 Å². The summed E-state index contributed by atoms with van der Waals surface area (Å²) in [5, 5.41) is 14.7. The lowest BCUT2D eigenvalue weighted by Gasteiger charge is -2.16. The van der Waals surface area contributed by atoms with Crippen molar-refractivity contribution in [3.8, 4) is 17.0 Å². The van der Waals surface area contributed by atoms with Gasteiger partial charge in [0.05, 0.1) is 11.4 Å². The lowest BCUT2D eigenvalue weighted by Crippen LogP contribution is -2.15. The van der Waals surface area contributed by atoms with E-state index in [1.165, 1.54) is 34.2 Å². The maximum absolute atomic E-state index is 12.6. The van der Waals surface area contributed by atoms with E-state index in [0.29, 0.717) is 28.6 Å². The number of aromatic nitrogens is 4. The molecule has 2 heterocycles. The average Bonchev–Trinajstić information content (AvgIpc) is 3.51. The van der Waals surface area contributed by atoms with Crippen molar-refractivity contribution < 1.29 is 9.53 Å². The summed E-state index contributed by atoms with van der Waals surface area (Å²) in [5.74, 6) is 1.94. The van der Waals surface area contributed by atoms with Gasteiger partial charge >= 0.3 is 0 Å². The van der Waals surface area contributed by atoms with Crippen LogP contribution in [0, 0.1) is 6.92 Å². The molecule has 9 heteroatoms. The summed E-state index contributed by atoms with van der Waals surface area (Å²) in [4.78, 5) is 17.2. The highest BCUT2D eigenvalue weighted by Gasteiger charge is 2.20. The number of thiazole rings is 1. The van der Waals surface area contributed by atoms with Gasteiger partial charge < -0.3 is 10.1 Å². The van der Waals surface area contributed by atoms with E-state index >= 15 is 0 Å². The molecule has 0 fully saturated rings. The molecule has 0 bridgehead atoms. The average molecular weight is 534 g/mol. The summed E-state index contributed by atoms with van der Waals surface area (Å²) in [5.41, 5.74) is 4.32. The number of hydrogen-bond acceptors (Lipinski definition) is 7. The molecular weight excluding hydrogens is 502 g/mol. The molecule has 0 saturated carbocycles. The Bertz CT molecular complexity index is 1340. The van der Waals surface area contributed by atoms with E-state index in [4.69, 9.17) is 4.74 Å². The number of aryl methyl sites for hydroxylation is 1. The van der Waals surface area contributed by atoms with Gasteiger partial charge in [-0.1, -0.05) is 73.6 Å². The second-order valence-electron chi connectivity index (χ2n) is 8.96. The van der Waals surface area contributed by atoms with Crippen molar-refractivity contribution >= 4 is 34.1 Å². The van der Waals surface area contributed by atoms with Crippen LogP contribution in [0.3, 0.4) is 0 Å². The predicted octanol–water partition coefficient (Wildman–Crippen LogP) is 6.89. The van der Waals surface area contributed by atoms with Crippen LogP contribution in [-0.4, -0.2) is 31.4 Å². The maximum atomic E-state index is 12.6. The lowest BCUT2D eigenvalue weighted by molar-refractivity contribution is -0.113. The van der Waals surface area contributed by atoms with Crippen molar-refractivity contribution in [2.45, 2.75) is 51.4 Å². The molecule has 1 unspecified atom stereocenters. The molecule has 1 amide bonds. The molecule has 192 valence electrons. The van der Waals surface area contributed by atoms with Crippen LogP contribution in [0.1, 0.15) is 49.7 Å². The molecule has 4 aromatic rings. The van der Waals surface area contributed by atoms with E-state index in [-0.39, 0.29) is 17.8 Å². The zero-order valence-electron chi connectivity index (χ0n) is 21.5. The number of anilines is 1. The Morgan fingerprint density at radius 1 is 1.14 bits per heavy atom. The highest BCUT2D eigenvalue weighted by Crippen LogP contribution is 2.28. The number of ether oxygens (including phenoxy) is 1. The topological polar surface area (TPSA) is 81.9 Å². The minimum absolute atomic E-state index is 0.154. The largest absolute Gasteiger partial charge is 0.483 e. The van der Waals surface area contributed by atoms with E-state index < -0.39 is 0 Å². The lowest BCUT2D eigenvalue weighted by atomic mass is 10.0. The molecule has 0 aliphatic heterocycles. The summed E-state index contributed by atoms with van der Waals surface area (Å²) in [6.45, 7) is 12.7. The van der Waals surface area contributed by atoms with Crippen LogP contribution in [0.15, 0.2) is 71.7 Å². The van der Waals surface area contributed by atoms with Crippen LogP contribution in [-0.2, 0) is 11.3 Å². The Balaban J connectivity index is 1.37. The Kier molecular flexibility index (Phi) is 8.78. The minimum atomic E-state index is -0.323. The molecule has 1 N–H and O–H groups in total. The fourth-order valence-electron chi connectivity index (χ4n) is 3.67. The third kappa shape index (κ3) is 6.87. The SMILES string of the molecule is C=CCn1c(SCC(=O)Nc2nc(-c3ccc(C)cc3)cs2)nnc1C(C)Oc1ccc(C(C)C)cc1. The molecular formula is C28H31N5O2S2. The van der Waals surface area contributed by atoms with E-state index in [2.05, 4.69) is 53.1 Å². The van der Waals surface area contributed by atoms with Crippen molar-refractivity contribution in [1.29, 1.82) is 0 Å². The van der Waals surface area contributed by atoms with Gasteiger partial charge in [-0.3, -0.25) is 9.36 Å². The number of allylic oxidation sites excluding steroid dienone is 1. The maximum Gasteiger partial charge on any atom is 0.236 e. The molecule has 2 aromatic carbocycles. The molecule has 0 aliphatic carbocycles. The summed E-state index contributed by atoms with van der Waals surface area (Å²) < 4.78 is 8.06. The molecule has 0 aliphatic rings. The van der Waals surface area contributed by atoms with Crippen LogP contribution in [0.2, 0.25) is 0 Å². The summed E-state index contributed by atoms with van der Waals surface area (Å²) in [6, 6.07) is 16.3. The zero-order valence-corrected chi connectivity index (χ0v) is 23.1. The quantitative estimate of drug-likeness (QED) is 0.167. The highest BCUT2D eigenvalue weighted by molar-refractivity contribution is 7.99. The second-order valence-corrected chi connectivity index (χ2v) is 10.8. The zero-order chi connectivity index (χ0) is 26.4. The predicted molar refractivity (Wildman–Crippen MR) is 151 cm³/mol. The van der Waals surface area contributed by atoms with Crippen molar-refractivity contribution in [3.05, 3.63) is 83.5 Å². The van der Waals surface area contributed by atoms with Crippen molar-refractivity contribution in [3.63, 3.8) is 0 Å². The van der Waals surface area contributed by atoms with Gasteiger partial charge in [0.25, 0.3) is 0 Å². The van der Waals surface area contributed by atoms with Crippen LogP contribution in [0.5, 0.6) is 5.75 Å². The fourth-order valence-corrected chi connectivity index (χ4v) is 5.16. The summed E-state index contributed by atoms with van der Waals surface area (Å²) in [7, 11) is 0. The van der Waals surface area contributed by atoms with Gasteiger partial charge in [0.1, 0.15) is 5.75 Å². The first-order chi connectivity index (χ1) is 17.8. The van der Waals surface area contributed by atoms with E-state index in [9.17, 15) is 4.79 Å². The monoisotopic (exact) mass is 533 g/mol. The highest BCUT2D eigenvalue weighted by atomic mass is 32.2. The Morgan fingerprint density at radius 3 is 2.54 bits per heavy atom. The first kappa shape index (κ1) is 26.6. The number of carbonyl (C=O) groups is 1. The second kappa shape index (κ2) is 12.2. The standard InChI is InChI=1S/C28H31N5O2S2/c1-6-15-33-26(20(5)35-23-13-11-21(12-14-23)18(2)3)31-32-28(33)37-17-25(34)30-27-29-24(16-36-27)22-9-7-19(4)8-10-22/h6-14,16,18,20H,1,15,17H2,2-5H3,(H,29,30,34). The number of rotatable bonds is 11. The number of hydrogen-bond donors (Lipinski definition) is 1. The molecule has 2 aromatic heterocycles. The van der Waals surface area contributed by atoms with Gasteiger partial charge in [0.15, 0.2) is 22.2 Å². The smallest absolute Gasteiger partial charge is 0.236 e. The summed E-state index contributed by atoms with van der Waals surface area (Å²) in [6.07, 6.45) is 1.46. The molecule has 0 spiro atoms. The Labute approximate surface area is 226 Å². The third-order valence-electron chi connectivity index (χ3n) is 5.71. The van der Waals surface area contributed by atoms with E-state index in [1.54, 1.807) is 6.08 Å². The number of thioether (sulfide) groups is 1. The minimum Gasteiger partial charge on any atom is -0.483 e. The normalized spacial score (nSPS) is 11.9. The Morgan fingerprint density at radius 2 is 1.86 bits per heavy atom. The molecule has 4 rings (SSSR count). The van der Waals surface area contributed by atoms with Gasteiger partial charge in [-0.25, -0.2) is 4.98 Å². The van der Waals surface area contributed by atoms with E-state index in [1.807, 2.05) is 60.2 Å². The number of nitrogens with one attached hydrogen (secondary N) is 1. The first-order valence-electron chi connectivity index (χ1n) is 12.1. The van der Waals surface area contributed by atoms with Crippen molar-refractivity contribution in [2.75, 3.05) is 11.1 Å². The molecule has 0 radical (unpaired) electrons. The molecule has 7 nitrogen and oxygen atoms in total. The first-order valence-corrected chi connectivity index (χ1v) is 14.0. The van der Waals surface area contributed by atoms with E-state index in [0.717, 1.165) is 17.0 Å². The molecule has 0 saturated heterocycles. The van der Waals surface area contributed by atoms with Crippen LogP contribution >= 0.6 is 23.1 Å². The van der Waals surface area contributed by atoms with Gasteiger partial charge in [-0.05, 0) is 37.5 Å². The van der Waals surface area contributed by atoms with Crippen molar-refractivity contribution in [2.24, 2.45) is 0 Å². The summed E-state index contributed by atoms with van der Waals surface area (Å²) >= 11 is 2.73. The van der Waals surface area contributed by atoms with Gasteiger partial charge in [-0.2, -0.15) is 0 Å². The van der Waals surface area contributed by atoms with Crippen LogP contribution < -0.4 is 10.1 Å². The molecule has 37 heavy (non-hydrogen) atoms. The van der Waals surface area contributed by atoms with Crippen molar-refractivity contribution in [1.82, 2.24) is 19.7 Å². The van der Waals surface area contributed by atoms with Crippen LogP contribution in [0.4, 0.5) is 5.13 Å². The van der Waals surface area contributed by atoms with Crippen LogP contribution in [0.25, 0.3) is 11.3 Å². The fraction of sp³-hybridized carbons (Fsp3) is 0.286. The molecule has 1 atom stereocenters. The van der Waals surface area contributed by atoms with Gasteiger partial charge in [0, 0.05) is 17.5 Å². The number of amides is 1. The number of carbonyl (C=O) groups excluding carboxylic acids is 1. The third-order valence-corrected chi connectivity index (χ3v) is 7.44.